The first-order valence-corrected chi connectivity index (χ1v) is 8.10. The van der Waals surface area contributed by atoms with Crippen molar-refractivity contribution in [3.05, 3.63) is 53.3 Å². The van der Waals surface area contributed by atoms with E-state index in [0.717, 1.165) is 17.7 Å². The standard InChI is InChI=1S/C18H20N4O2/c19-18-20-11-14-9-10-22(12-15(14)21-18)17(24)8-4-7-16(23)13-5-2-1-3-6-13/h1-3,5-6,11H,4,7-10,12H2,(H2,19,20,21). The lowest BCUT2D eigenvalue weighted by molar-refractivity contribution is -0.132. The highest BCUT2D eigenvalue weighted by Gasteiger charge is 2.22. The van der Waals surface area contributed by atoms with E-state index in [9.17, 15) is 9.59 Å². The molecule has 0 saturated heterocycles. The van der Waals surface area contributed by atoms with Gasteiger partial charge in [-0.15, -0.1) is 0 Å². The van der Waals surface area contributed by atoms with Crippen LogP contribution in [-0.4, -0.2) is 33.1 Å². The smallest absolute Gasteiger partial charge is 0.222 e. The molecule has 0 saturated carbocycles. The van der Waals surface area contributed by atoms with Gasteiger partial charge < -0.3 is 10.6 Å². The molecule has 124 valence electrons. The summed E-state index contributed by atoms with van der Waals surface area (Å²) < 4.78 is 0. The van der Waals surface area contributed by atoms with Crippen LogP contribution in [0.1, 0.15) is 40.9 Å². The fourth-order valence-electron chi connectivity index (χ4n) is 2.86. The number of nitrogen functional groups attached to an aromatic ring is 1. The van der Waals surface area contributed by atoms with Gasteiger partial charge in [-0.3, -0.25) is 9.59 Å². The van der Waals surface area contributed by atoms with Crippen LogP contribution in [0.5, 0.6) is 0 Å². The minimum atomic E-state index is 0.0543. The molecule has 2 aromatic rings. The average Bonchev–Trinajstić information content (AvgIpc) is 2.61. The van der Waals surface area contributed by atoms with E-state index >= 15 is 0 Å². The number of Topliss-reactive ketones (excluding diaryl/α,β-unsaturated/α-hetero) is 1. The minimum absolute atomic E-state index is 0.0543. The van der Waals surface area contributed by atoms with Crippen LogP contribution in [0.4, 0.5) is 5.95 Å². The summed E-state index contributed by atoms with van der Waals surface area (Å²) in [5.41, 5.74) is 8.18. The molecule has 0 spiro atoms. The Morgan fingerprint density at radius 2 is 1.96 bits per heavy atom. The molecule has 0 radical (unpaired) electrons. The van der Waals surface area contributed by atoms with Crippen LogP contribution in [0.15, 0.2) is 36.5 Å². The van der Waals surface area contributed by atoms with Crippen molar-refractivity contribution < 1.29 is 9.59 Å². The lowest BCUT2D eigenvalue weighted by Crippen LogP contribution is -2.36. The van der Waals surface area contributed by atoms with Gasteiger partial charge in [0.1, 0.15) is 0 Å². The van der Waals surface area contributed by atoms with E-state index < -0.39 is 0 Å². The summed E-state index contributed by atoms with van der Waals surface area (Å²) in [5, 5.41) is 0. The Bertz CT molecular complexity index is 746. The first-order chi connectivity index (χ1) is 11.6. The third-order valence-electron chi connectivity index (χ3n) is 4.21. The molecule has 0 unspecified atom stereocenters. The zero-order valence-corrected chi connectivity index (χ0v) is 13.4. The number of ketones is 1. The van der Waals surface area contributed by atoms with Gasteiger partial charge in [0, 0.05) is 31.1 Å². The first kappa shape index (κ1) is 16.1. The number of aromatic nitrogens is 2. The van der Waals surface area contributed by atoms with Crippen LogP contribution >= 0.6 is 0 Å². The molecular weight excluding hydrogens is 304 g/mol. The Kier molecular flexibility index (Phi) is 4.84. The second-order valence-corrected chi connectivity index (χ2v) is 5.91. The summed E-state index contributed by atoms with van der Waals surface area (Å²) in [4.78, 5) is 34.4. The maximum Gasteiger partial charge on any atom is 0.222 e. The van der Waals surface area contributed by atoms with Gasteiger partial charge in [0.05, 0.1) is 12.2 Å². The summed E-state index contributed by atoms with van der Waals surface area (Å²) in [6.07, 6.45) is 3.79. The topological polar surface area (TPSA) is 89.2 Å². The number of anilines is 1. The van der Waals surface area contributed by atoms with Crippen LogP contribution in [0.25, 0.3) is 0 Å². The Hall–Kier alpha value is -2.76. The minimum Gasteiger partial charge on any atom is -0.368 e. The molecule has 0 fully saturated rings. The summed E-state index contributed by atoms with van der Waals surface area (Å²) >= 11 is 0. The van der Waals surface area contributed by atoms with E-state index in [0.29, 0.717) is 37.9 Å². The molecule has 2 N–H and O–H groups in total. The third kappa shape index (κ3) is 3.76. The number of hydrogen-bond donors (Lipinski definition) is 1. The molecule has 24 heavy (non-hydrogen) atoms. The van der Waals surface area contributed by atoms with Crippen LogP contribution in [0.3, 0.4) is 0 Å². The number of benzene rings is 1. The monoisotopic (exact) mass is 324 g/mol. The van der Waals surface area contributed by atoms with Crippen molar-refractivity contribution in [1.82, 2.24) is 14.9 Å². The van der Waals surface area contributed by atoms with Crippen LogP contribution in [0, 0.1) is 0 Å². The highest BCUT2D eigenvalue weighted by molar-refractivity contribution is 5.96. The fourth-order valence-corrected chi connectivity index (χ4v) is 2.86. The van der Waals surface area contributed by atoms with Gasteiger partial charge in [-0.05, 0) is 18.4 Å². The van der Waals surface area contributed by atoms with Gasteiger partial charge in [-0.1, -0.05) is 30.3 Å². The van der Waals surface area contributed by atoms with Crippen molar-refractivity contribution in [2.24, 2.45) is 0 Å². The fraction of sp³-hybridized carbons (Fsp3) is 0.333. The van der Waals surface area contributed by atoms with Gasteiger partial charge in [-0.2, -0.15) is 0 Å². The molecule has 0 aliphatic carbocycles. The molecule has 1 aliphatic rings. The number of carbonyl (C=O) groups excluding carboxylic acids is 2. The van der Waals surface area contributed by atoms with Crippen molar-refractivity contribution in [3.8, 4) is 0 Å². The van der Waals surface area contributed by atoms with Crippen molar-refractivity contribution in [2.75, 3.05) is 12.3 Å². The van der Waals surface area contributed by atoms with E-state index in [-0.39, 0.29) is 17.6 Å². The lowest BCUT2D eigenvalue weighted by Gasteiger charge is -2.28. The molecule has 3 rings (SSSR count). The van der Waals surface area contributed by atoms with E-state index in [1.54, 1.807) is 23.2 Å². The van der Waals surface area contributed by atoms with Crippen LogP contribution in [0.2, 0.25) is 0 Å². The van der Waals surface area contributed by atoms with Gasteiger partial charge in [0.2, 0.25) is 11.9 Å². The molecule has 1 aromatic heterocycles. The average molecular weight is 324 g/mol. The number of nitrogens with zero attached hydrogens (tertiary/aromatic N) is 3. The number of fused-ring (bicyclic) bond motifs is 1. The maximum absolute atomic E-state index is 12.4. The molecule has 1 aromatic carbocycles. The van der Waals surface area contributed by atoms with Crippen molar-refractivity contribution in [1.29, 1.82) is 0 Å². The second kappa shape index (κ2) is 7.21. The molecule has 6 heteroatoms. The van der Waals surface area contributed by atoms with E-state index in [1.165, 1.54) is 0 Å². The first-order valence-electron chi connectivity index (χ1n) is 8.10. The highest BCUT2D eigenvalue weighted by atomic mass is 16.2. The third-order valence-corrected chi connectivity index (χ3v) is 4.21. The summed E-state index contributed by atoms with van der Waals surface area (Å²) in [6, 6.07) is 9.17. The number of amides is 1. The van der Waals surface area contributed by atoms with Crippen molar-refractivity contribution >= 4 is 17.6 Å². The summed E-state index contributed by atoms with van der Waals surface area (Å²) in [6.45, 7) is 1.12. The van der Waals surface area contributed by atoms with Crippen LogP contribution < -0.4 is 5.73 Å². The van der Waals surface area contributed by atoms with Crippen molar-refractivity contribution in [3.63, 3.8) is 0 Å². The normalized spacial score (nSPS) is 13.4. The zero-order valence-electron chi connectivity index (χ0n) is 13.4. The summed E-state index contributed by atoms with van der Waals surface area (Å²) in [7, 11) is 0. The molecule has 1 amide bonds. The number of rotatable bonds is 5. The van der Waals surface area contributed by atoms with E-state index in [4.69, 9.17) is 5.73 Å². The van der Waals surface area contributed by atoms with Crippen LogP contribution in [-0.2, 0) is 17.8 Å². The predicted octanol–water partition coefficient (Wildman–Crippen LogP) is 2.00. The van der Waals surface area contributed by atoms with Gasteiger partial charge >= 0.3 is 0 Å². The Balaban J connectivity index is 1.50. The quantitative estimate of drug-likeness (QED) is 0.850. The number of carbonyl (C=O) groups is 2. The lowest BCUT2D eigenvalue weighted by atomic mass is 10.0. The van der Waals surface area contributed by atoms with Gasteiger partial charge in [-0.25, -0.2) is 9.97 Å². The molecule has 1 aliphatic heterocycles. The zero-order chi connectivity index (χ0) is 16.9. The highest BCUT2D eigenvalue weighted by Crippen LogP contribution is 2.18. The van der Waals surface area contributed by atoms with Gasteiger partial charge in [0.25, 0.3) is 0 Å². The molecule has 2 heterocycles. The molecular formula is C18H20N4O2. The molecule has 0 atom stereocenters. The largest absolute Gasteiger partial charge is 0.368 e. The van der Waals surface area contributed by atoms with E-state index in [2.05, 4.69) is 9.97 Å². The number of nitrogens with two attached hydrogens (primary N) is 1. The molecule has 0 bridgehead atoms. The maximum atomic E-state index is 12.4. The second-order valence-electron chi connectivity index (χ2n) is 5.91. The molecule has 6 nitrogen and oxygen atoms in total. The number of hydrogen-bond acceptors (Lipinski definition) is 5. The predicted molar refractivity (Wildman–Crippen MR) is 90.2 cm³/mol. The Morgan fingerprint density at radius 1 is 1.17 bits per heavy atom. The van der Waals surface area contributed by atoms with Crippen molar-refractivity contribution in [2.45, 2.75) is 32.2 Å². The summed E-state index contributed by atoms with van der Waals surface area (Å²) in [5.74, 6) is 0.364. The van der Waals surface area contributed by atoms with E-state index in [1.807, 2.05) is 18.2 Å². The Morgan fingerprint density at radius 3 is 2.75 bits per heavy atom. The SMILES string of the molecule is Nc1ncc2c(n1)CN(C(=O)CCCC(=O)c1ccccc1)CC2. The Labute approximate surface area is 140 Å². The van der Waals surface area contributed by atoms with Gasteiger partial charge in [0.15, 0.2) is 5.78 Å².